The zero-order valence-electron chi connectivity index (χ0n) is 15.4. The van der Waals surface area contributed by atoms with Gasteiger partial charge >= 0.3 is 0 Å². The van der Waals surface area contributed by atoms with E-state index in [0.29, 0.717) is 13.0 Å². The van der Waals surface area contributed by atoms with Crippen LogP contribution in [-0.4, -0.2) is 12.5 Å². The molecule has 3 aromatic rings. The lowest BCUT2D eigenvalue weighted by Gasteiger charge is -2.10. The number of hydrogen-bond acceptors (Lipinski definition) is 3. The molecule has 0 aliphatic carbocycles. The van der Waals surface area contributed by atoms with E-state index in [-0.39, 0.29) is 5.91 Å². The molecule has 138 valence electrons. The summed E-state index contributed by atoms with van der Waals surface area (Å²) in [6.07, 6.45) is 1.21. The van der Waals surface area contributed by atoms with Gasteiger partial charge in [0, 0.05) is 23.5 Å². The highest BCUT2D eigenvalue weighted by Gasteiger charge is 2.04. The predicted molar refractivity (Wildman–Crippen MR) is 111 cm³/mol. The summed E-state index contributed by atoms with van der Waals surface area (Å²) in [5.74, 6) is 0.877. The summed E-state index contributed by atoms with van der Waals surface area (Å²) < 4.78 is 5.44. The Labute approximate surface area is 160 Å². The summed E-state index contributed by atoms with van der Waals surface area (Å²) in [5, 5.41) is 6.27. The molecule has 4 nitrogen and oxygen atoms in total. The molecule has 0 saturated carbocycles. The van der Waals surface area contributed by atoms with Crippen molar-refractivity contribution in [2.75, 3.05) is 17.2 Å². The van der Waals surface area contributed by atoms with E-state index in [2.05, 4.69) is 10.6 Å². The molecule has 3 aromatic carbocycles. The van der Waals surface area contributed by atoms with Crippen LogP contribution in [0.3, 0.4) is 0 Å². The fourth-order valence-electron chi connectivity index (χ4n) is 2.73. The van der Waals surface area contributed by atoms with Crippen LogP contribution in [0.25, 0.3) is 0 Å². The van der Waals surface area contributed by atoms with Crippen LogP contribution in [0.1, 0.15) is 18.9 Å². The van der Waals surface area contributed by atoms with Crippen molar-refractivity contribution in [3.05, 3.63) is 84.4 Å². The number of aryl methyl sites for hydroxylation is 1. The second kappa shape index (κ2) is 9.43. The van der Waals surface area contributed by atoms with Crippen LogP contribution in [0.5, 0.6) is 5.75 Å². The van der Waals surface area contributed by atoms with Crippen LogP contribution in [0.4, 0.5) is 17.1 Å². The van der Waals surface area contributed by atoms with Crippen LogP contribution in [0.2, 0.25) is 0 Å². The number of anilines is 3. The Morgan fingerprint density at radius 1 is 0.815 bits per heavy atom. The van der Waals surface area contributed by atoms with Crippen molar-refractivity contribution in [2.45, 2.75) is 19.8 Å². The van der Waals surface area contributed by atoms with Gasteiger partial charge in [0.25, 0.3) is 0 Å². The molecule has 0 atom stereocenters. The Bertz CT molecular complexity index is 844. The quantitative estimate of drug-likeness (QED) is 0.565. The summed E-state index contributed by atoms with van der Waals surface area (Å²) in [4.78, 5) is 12.1. The molecule has 3 rings (SSSR count). The highest BCUT2D eigenvalue weighted by Crippen LogP contribution is 2.21. The van der Waals surface area contributed by atoms with E-state index >= 15 is 0 Å². The lowest BCUT2D eigenvalue weighted by molar-refractivity contribution is -0.116. The minimum atomic E-state index is 0.0195. The second-order valence-electron chi connectivity index (χ2n) is 6.19. The van der Waals surface area contributed by atoms with E-state index in [1.54, 1.807) is 0 Å². The molecule has 0 unspecified atom stereocenters. The number of carbonyl (C=O) groups is 1. The first-order valence-electron chi connectivity index (χ1n) is 9.16. The van der Waals surface area contributed by atoms with Gasteiger partial charge in [-0.1, -0.05) is 30.3 Å². The zero-order valence-corrected chi connectivity index (χ0v) is 15.4. The average molecular weight is 360 g/mol. The molecule has 0 radical (unpaired) electrons. The summed E-state index contributed by atoms with van der Waals surface area (Å²) in [6, 6.07) is 25.6. The van der Waals surface area contributed by atoms with E-state index < -0.39 is 0 Å². The highest BCUT2D eigenvalue weighted by molar-refractivity contribution is 5.91. The van der Waals surface area contributed by atoms with Crippen molar-refractivity contribution >= 4 is 23.0 Å². The number of carbonyl (C=O) groups excluding carboxylic acids is 1. The van der Waals surface area contributed by atoms with Crippen molar-refractivity contribution in [3.8, 4) is 5.75 Å². The van der Waals surface area contributed by atoms with Gasteiger partial charge in [-0.2, -0.15) is 0 Å². The molecule has 27 heavy (non-hydrogen) atoms. The van der Waals surface area contributed by atoms with Crippen LogP contribution in [-0.2, 0) is 11.2 Å². The Kier molecular flexibility index (Phi) is 6.47. The fraction of sp³-hybridized carbons (Fsp3) is 0.174. The average Bonchev–Trinajstić information content (AvgIpc) is 2.70. The van der Waals surface area contributed by atoms with E-state index in [1.807, 2.05) is 85.8 Å². The Morgan fingerprint density at radius 3 is 2.04 bits per heavy atom. The van der Waals surface area contributed by atoms with Crippen molar-refractivity contribution < 1.29 is 9.53 Å². The molecule has 0 aliphatic heterocycles. The number of rotatable bonds is 8. The maximum Gasteiger partial charge on any atom is 0.224 e. The largest absolute Gasteiger partial charge is 0.494 e. The van der Waals surface area contributed by atoms with E-state index in [4.69, 9.17) is 4.74 Å². The van der Waals surface area contributed by atoms with Crippen LogP contribution in [0.15, 0.2) is 78.9 Å². The first-order valence-corrected chi connectivity index (χ1v) is 9.16. The number of ether oxygens (including phenoxy) is 1. The topological polar surface area (TPSA) is 50.4 Å². The van der Waals surface area contributed by atoms with Crippen molar-refractivity contribution in [1.29, 1.82) is 0 Å². The van der Waals surface area contributed by atoms with Gasteiger partial charge in [-0.05, 0) is 67.4 Å². The van der Waals surface area contributed by atoms with Crippen molar-refractivity contribution in [3.63, 3.8) is 0 Å². The number of hydrogen-bond donors (Lipinski definition) is 2. The van der Waals surface area contributed by atoms with Gasteiger partial charge in [0.1, 0.15) is 5.75 Å². The molecule has 0 aromatic heterocycles. The third kappa shape index (κ3) is 5.89. The Hall–Kier alpha value is -3.27. The summed E-state index contributed by atoms with van der Waals surface area (Å²) in [6.45, 7) is 2.62. The molecular weight excluding hydrogens is 336 g/mol. The zero-order chi connectivity index (χ0) is 18.9. The van der Waals surface area contributed by atoms with Crippen molar-refractivity contribution in [1.82, 2.24) is 0 Å². The van der Waals surface area contributed by atoms with Gasteiger partial charge in [0.05, 0.1) is 6.61 Å². The molecule has 0 spiro atoms. The van der Waals surface area contributed by atoms with Gasteiger partial charge in [-0.25, -0.2) is 0 Å². The second-order valence-corrected chi connectivity index (χ2v) is 6.19. The molecule has 0 bridgehead atoms. The number of amides is 1. The fourth-order valence-corrected chi connectivity index (χ4v) is 2.73. The molecular formula is C23H24N2O2. The SMILES string of the molecule is CCOc1ccc(Nc2ccc(NC(=O)CCc3ccccc3)cc2)cc1. The predicted octanol–water partition coefficient (Wildman–Crippen LogP) is 5.40. The first-order chi connectivity index (χ1) is 13.2. The molecule has 1 amide bonds. The molecule has 0 aliphatic rings. The lowest BCUT2D eigenvalue weighted by Crippen LogP contribution is -2.12. The molecule has 0 fully saturated rings. The summed E-state index contributed by atoms with van der Waals surface area (Å²) in [7, 11) is 0. The maximum atomic E-state index is 12.1. The van der Waals surface area contributed by atoms with E-state index in [0.717, 1.165) is 29.2 Å². The van der Waals surface area contributed by atoms with E-state index in [9.17, 15) is 4.79 Å². The standard InChI is InChI=1S/C23H24N2O2/c1-2-27-22-15-13-20(14-16-22)24-19-9-11-21(12-10-19)25-23(26)17-8-18-6-4-3-5-7-18/h3-7,9-16,24H,2,8,17H2,1H3,(H,25,26). The van der Waals surface area contributed by atoms with Gasteiger partial charge in [-0.3, -0.25) is 4.79 Å². The van der Waals surface area contributed by atoms with Crippen LogP contribution >= 0.6 is 0 Å². The Balaban J connectivity index is 1.50. The summed E-state index contributed by atoms with van der Waals surface area (Å²) >= 11 is 0. The van der Waals surface area contributed by atoms with Gasteiger partial charge in [-0.15, -0.1) is 0 Å². The molecule has 0 saturated heterocycles. The van der Waals surface area contributed by atoms with Crippen molar-refractivity contribution in [2.24, 2.45) is 0 Å². The molecule has 2 N–H and O–H groups in total. The smallest absolute Gasteiger partial charge is 0.224 e. The number of benzene rings is 3. The third-order valence-electron chi connectivity index (χ3n) is 4.11. The molecule has 4 heteroatoms. The minimum Gasteiger partial charge on any atom is -0.494 e. The summed E-state index contributed by atoms with van der Waals surface area (Å²) in [5.41, 5.74) is 3.91. The maximum absolute atomic E-state index is 12.1. The highest BCUT2D eigenvalue weighted by atomic mass is 16.5. The monoisotopic (exact) mass is 360 g/mol. The van der Waals surface area contributed by atoms with Gasteiger partial charge in [0.15, 0.2) is 0 Å². The lowest BCUT2D eigenvalue weighted by atomic mass is 10.1. The Morgan fingerprint density at radius 2 is 1.41 bits per heavy atom. The van der Waals surface area contributed by atoms with Gasteiger partial charge in [0.2, 0.25) is 5.91 Å². The van der Waals surface area contributed by atoms with Crippen LogP contribution < -0.4 is 15.4 Å². The van der Waals surface area contributed by atoms with E-state index in [1.165, 1.54) is 5.56 Å². The third-order valence-corrected chi connectivity index (χ3v) is 4.11. The normalized spacial score (nSPS) is 10.3. The van der Waals surface area contributed by atoms with Gasteiger partial charge < -0.3 is 15.4 Å². The molecule has 0 heterocycles. The first kappa shape index (κ1) is 18.5. The van der Waals surface area contributed by atoms with Crippen LogP contribution in [0, 0.1) is 0 Å². The minimum absolute atomic E-state index is 0.0195. The number of nitrogens with one attached hydrogen (secondary N) is 2.